The zero-order valence-electron chi connectivity index (χ0n) is 13.7. The van der Waals surface area contributed by atoms with Gasteiger partial charge in [-0.05, 0) is 19.8 Å². The molecule has 0 amide bonds. The summed E-state index contributed by atoms with van der Waals surface area (Å²) in [5.41, 5.74) is 5.18. The fourth-order valence-corrected chi connectivity index (χ4v) is 2.50. The summed E-state index contributed by atoms with van der Waals surface area (Å²) in [5, 5.41) is 39.0. The quantitative estimate of drug-likeness (QED) is 0.392. The summed E-state index contributed by atoms with van der Waals surface area (Å²) in [7, 11) is 0. The van der Waals surface area contributed by atoms with Gasteiger partial charge in [-0.15, -0.1) is 0 Å². The number of nitrogen functional groups attached to an aromatic ring is 1. The largest absolute Gasteiger partial charge is 0.394 e. The molecule has 0 aliphatic carbocycles. The average molecular weight is 349 g/mol. The van der Waals surface area contributed by atoms with Gasteiger partial charge in [-0.2, -0.15) is 0 Å². The summed E-state index contributed by atoms with van der Waals surface area (Å²) in [6.07, 6.45) is -3.10. The van der Waals surface area contributed by atoms with Crippen LogP contribution in [0.3, 0.4) is 0 Å². The topological polar surface area (TPSA) is 160 Å². The fraction of sp³-hybridized carbons (Fsp3) is 0.533. The second-order valence-electron chi connectivity index (χ2n) is 6.29. The summed E-state index contributed by atoms with van der Waals surface area (Å²) < 4.78 is 6.87. The Hall–Kier alpha value is -2.29. The summed E-state index contributed by atoms with van der Waals surface area (Å²) in [4.78, 5) is 12.4. The summed E-state index contributed by atoms with van der Waals surface area (Å²) in [5.74, 6) is 5.36. The van der Waals surface area contributed by atoms with Gasteiger partial charge in [0.15, 0.2) is 17.7 Å². The van der Waals surface area contributed by atoms with E-state index in [1.54, 1.807) is 0 Å². The van der Waals surface area contributed by atoms with Crippen molar-refractivity contribution in [2.75, 3.05) is 12.3 Å². The number of anilines is 1. The van der Waals surface area contributed by atoms with Crippen molar-refractivity contribution in [3.8, 4) is 11.8 Å². The summed E-state index contributed by atoms with van der Waals surface area (Å²) in [6.45, 7) is 2.59. The van der Waals surface area contributed by atoms with Gasteiger partial charge in [0, 0.05) is 0 Å². The van der Waals surface area contributed by atoms with E-state index in [0.29, 0.717) is 0 Å². The lowest BCUT2D eigenvalue weighted by molar-refractivity contribution is -0.0511. The van der Waals surface area contributed by atoms with E-state index in [2.05, 4.69) is 26.8 Å². The van der Waals surface area contributed by atoms with Crippen molar-refractivity contribution in [1.82, 2.24) is 19.5 Å². The molecule has 10 nitrogen and oxygen atoms in total. The smallest absolute Gasteiger partial charge is 0.209 e. The van der Waals surface area contributed by atoms with E-state index in [1.807, 2.05) is 0 Å². The first-order chi connectivity index (χ1) is 11.7. The Bertz CT molecular complexity index is 850. The van der Waals surface area contributed by atoms with Gasteiger partial charge in [0.25, 0.3) is 0 Å². The van der Waals surface area contributed by atoms with Crippen molar-refractivity contribution in [2.24, 2.45) is 0 Å². The molecule has 0 aromatic carbocycles. The molecule has 1 saturated heterocycles. The number of hydrogen-bond acceptors (Lipinski definition) is 9. The van der Waals surface area contributed by atoms with Crippen molar-refractivity contribution in [3.63, 3.8) is 0 Å². The van der Waals surface area contributed by atoms with E-state index in [9.17, 15) is 20.4 Å². The maximum Gasteiger partial charge on any atom is 0.209 e. The van der Waals surface area contributed by atoms with Gasteiger partial charge in [-0.1, -0.05) is 5.92 Å². The van der Waals surface area contributed by atoms with E-state index in [4.69, 9.17) is 10.5 Å². The molecule has 0 bridgehead atoms. The maximum absolute atomic E-state index is 10.2. The second-order valence-corrected chi connectivity index (χ2v) is 6.29. The number of rotatable bonds is 2. The first kappa shape index (κ1) is 17.5. The number of aliphatic hydroxyl groups is 4. The molecule has 10 heteroatoms. The van der Waals surface area contributed by atoms with Crippen LogP contribution in [0.2, 0.25) is 0 Å². The molecule has 0 radical (unpaired) electrons. The molecule has 6 N–H and O–H groups in total. The molecule has 3 rings (SSSR count). The highest BCUT2D eigenvalue weighted by Gasteiger charge is 2.44. The van der Waals surface area contributed by atoms with Crippen LogP contribution in [0.1, 0.15) is 25.9 Å². The van der Waals surface area contributed by atoms with E-state index >= 15 is 0 Å². The molecule has 3 heterocycles. The lowest BCUT2D eigenvalue weighted by Gasteiger charge is -2.16. The molecule has 25 heavy (non-hydrogen) atoms. The monoisotopic (exact) mass is 349 g/mol. The molecule has 0 saturated carbocycles. The molecular weight excluding hydrogens is 330 g/mol. The zero-order chi connectivity index (χ0) is 18.4. The molecule has 1 fully saturated rings. The van der Waals surface area contributed by atoms with E-state index in [1.165, 1.54) is 24.7 Å². The number of hydrogen-bond donors (Lipinski definition) is 5. The lowest BCUT2D eigenvalue weighted by atomic mass is 10.1. The molecule has 1 aliphatic heterocycles. The Morgan fingerprint density at radius 1 is 1.32 bits per heavy atom. The van der Waals surface area contributed by atoms with Gasteiger partial charge in [-0.3, -0.25) is 4.57 Å². The molecule has 134 valence electrons. The van der Waals surface area contributed by atoms with Gasteiger partial charge in [-0.25, -0.2) is 15.0 Å². The van der Waals surface area contributed by atoms with Crippen molar-refractivity contribution in [1.29, 1.82) is 0 Å². The zero-order valence-corrected chi connectivity index (χ0v) is 13.7. The molecule has 2 aromatic heterocycles. The minimum absolute atomic E-state index is 0.0700. The highest BCUT2D eigenvalue weighted by Crippen LogP contribution is 2.31. The average Bonchev–Trinajstić information content (AvgIpc) is 3.07. The van der Waals surface area contributed by atoms with Crippen LogP contribution in [-0.2, 0) is 4.74 Å². The van der Waals surface area contributed by atoms with Crippen molar-refractivity contribution >= 4 is 17.0 Å². The molecule has 4 atom stereocenters. The van der Waals surface area contributed by atoms with Gasteiger partial charge >= 0.3 is 0 Å². The Morgan fingerprint density at radius 2 is 2.04 bits per heavy atom. The predicted molar refractivity (Wildman–Crippen MR) is 85.9 cm³/mol. The number of aliphatic hydroxyl groups excluding tert-OH is 3. The van der Waals surface area contributed by atoms with Crippen LogP contribution in [0, 0.1) is 11.8 Å². The predicted octanol–water partition coefficient (Wildman–Crippen LogP) is -1.86. The normalized spacial score (nSPS) is 26.6. The number of aromatic nitrogens is 4. The SMILES string of the molecule is CC(C)(O)C#Cc1nc(N)c2ncn([C@@H]3O[C@H](CO)C(O)C3O)c2n1. The highest BCUT2D eigenvalue weighted by molar-refractivity contribution is 5.82. The van der Waals surface area contributed by atoms with E-state index in [-0.39, 0.29) is 22.8 Å². The lowest BCUT2D eigenvalue weighted by Crippen LogP contribution is -2.33. The van der Waals surface area contributed by atoms with Crippen LogP contribution in [0.15, 0.2) is 6.33 Å². The summed E-state index contributed by atoms with van der Waals surface area (Å²) in [6, 6.07) is 0. The van der Waals surface area contributed by atoms with Gasteiger partial charge in [0.1, 0.15) is 29.4 Å². The van der Waals surface area contributed by atoms with Crippen LogP contribution in [0.4, 0.5) is 5.82 Å². The van der Waals surface area contributed by atoms with Crippen LogP contribution in [0.5, 0.6) is 0 Å². The van der Waals surface area contributed by atoms with E-state index < -0.39 is 36.7 Å². The number of ether oxygens (including phenoxy) is 1. The fourth-order valence-electron chi connectivity index (χ4n) is 2.50. The number of nitrogens with zero attached hydrogens (tertiary/aromatic N) is 4. The maximum atomic E-state index is 10.2. The van der Waals surface area contributed by atoms with Crippen molar-refractivity contribution in [2.45, 2.75) is 44.0 Å². The van der Waals surface area contributed by atoms with Crippen LogP contribution < -0.4 is 5.73 Å². The Labute approximate surface area is 142 Å². The molecule has 1 aliphatic rings. The minimum Gasteiger partial charge on any atom is -0.394 e. The third-order valence-electron chi connectivity index (χ3n) is 3.72. The minimum atomic E-state index is -1.28. The third kappa shape index (κ3) is 3.28. The summed E-state index contributed by atoms with van der Waals surface area (Å²) >= 11 is 0. The molecular formula is C15H19N5O5. The number of imidazole rings is 1. The molecule has 2 unspecified atom stereocenters. The Morgan fingerprint density at radius 3 is 2.64 bits per heavy atom. The van der Waals surface area contributed by atoms with E-state index in [0.717, 1.165) is 0 Å². The Kier molecular flexibility index (Phi) is 4.36. The first-order valence-electron chi connectivity index (χ1n) is 7.59. The molecule has 0 spiro atoms. The highest BCUT2D eigenvalue weighted by atomic mass is 16.6. The second kappa shape index (κ2) is 6.21. The van der Waals surface area contributed by atoms with Crippen LogP contribution >= 0.6 is 0 Å². The molecule has 2 aromatic rings. The Balaban J connectivity index is 2.05. The van der Waals surface area contributed by atoms with Gasteiger partial charge < -0.3 is 30.9 Å². The van der Waals surface area contributed by atoms with Crippen molar-refractivity contribution in [3.05, 3.63) is 12.2 Å². The number of nitrogens with two attached hydrogens (primary N) is 1. The van der Waals surface area contributed by atoms with Crippen LogP contribution in [-0.4, -0.2) is 70.5 Å². The van der Waals surface area contributed by atoms with Gasteiger partial charge in [0.2, 0.25) is 5.82 Å². The van der Waals surface area contributed by atoms with Crippen LogP contribution in [0.25, 0.3) is 11.2 Å². The van der Waals surface area contributed by atoms with Gasteiger partial charge in [0.05, 0.1) is 12.9 Å². The first-order valence-corrected chi connectivity index (χ1v) is 7.59. The third-order valence-corrected chi connectivity index (χ3v) is 3.72. The number of fused-ring (bicyclic) bond motifs is 1. The standard InChI is InChI=1S/C15H19N5O5/c1-15(2,24)4-3-8-18-12(16)9-13(19-8)20(6-17-9)14-11(23)10(22)7(5-21)25-14/h6-7,10-11,14,21-24H,5H2,1-2H3,(H2,16,18,19)/t7-,10?,11?,14-/m1/s1. The van der Waals surface area contributed by atoms with Crippen molar-refractivity contribution < 1.29 is 25.2 Å².